The number of carbonyl (C=O) groups excluding carboxylic acids is 1. The number of hydrogen-bond donors (Lipinski definition) is 3. The predicted octanol–water partition coefficient (Wildman–Crippen LogP) is -0.260. The second-order valence-corrected chi connectivity index (χ2v) is 3.32. The lowest BCUT2D eigenvalue weighted by Crippen LogP contribution is -2.42. The van der Waals surface area contributed by atoms with Crippen molar-refractivity contribution in [3.63, 3.8) is 0 Å². The molecule has 16 heavy (non-hydrogen) atoms. The van der Waals surface area contributed by atoms with Gasteiger partial charge in [-0.1, -0.05) is 0 Å². The summed E-state index contributed by atoms with van der Waals surface area (Å²) >= 11 is 0. The smallest absolute Gasteiger partial charge is 0.305 e. The van der Waals surface area contributed by atoms with E-state index in [9.17, 15) is 9.59 Å². The van der Waals surface area contributed by atoms with Crippen molar-refractivity contribution >= 4 is 11.9 Å². The van der Waals surface area contributed by atoms with Gasteiger partial charge in [0.1, 0.15) is 5.76 Å². The zero-order chi connectivity index (χ0) is 12.0. The molecule has 1 amide bonds. The Morgan fingerprint density at radius 3 is 2.88 bits per heavy atom. The third-order valence-corrected chi connectivity index (χ3v) is 1.98. The Labute approximate surface area is 92.4 Å². The molecule has 0 aliphatic carbocycles. The first-order valence-electron chi connectivity index (χ1n) is 4.87. The van der Waals surface area contributed by atoms with E-state index in [-0.39, 0.29) is 6.42 Å². The van der Waals surface area contributed by atoms with E-state index in [0.29, 0.717) is 13.0 Å². The normalized spacial score (nSPS) is 12.1. The van der Waals surface area contributed by atoms with E-state index < -0.39 is 17.9 Å². The highest BCUT2D eigenvalue weighted by Crippen LogP contribution is 1.99. The Morgan fingerprint density at radius 2 is 2.31 bits per heavy atom. The number of nitrogens with one attached hydrogen (secondary N) is 1. The van der Waals surface area contributed by atoms with Crippen molar-refractivity contribution in [3.8, 4) is 0 Å². The molecule has 1 aromatic heterocycles. The fourth-order valence-corrected chi connectivity index (χ4v) is 1.18. The highest BCUT2D eigenvalue weighted by atomic mass is 16.4. The van der Waals surface area contributed by atoms with Gasteiger partial charge in [-0.3, -0.25) is 9.59 Å². The summed E-state index contributed by atoms with van der Waals surface area (Å²) in [6, 6.07) is 2.55. The van der Waals surface area contributed by atoms with Gasteiger partial charge in [0.05, 0.1) is 18.7 Å². The van der Waals surface area contributed by atoms with Gasteiger partial charge in [0.2, 0.25) is 5.91 Å². The molecular weight excluding hydrogens is 212 g/mol. The van der Waals surface area contributed by atoms with Crippen LogP contribution in [0.15, 0.2) is 22.8 Å². The number of amides is 1. The second kappa shape index (κ2) is 5.92. The first-order valence-corrected chi connectivity index (χ1v) is 4.87. The van der Waals surface area contributed by atoms with Gasteiger partial charge in [-0.05, 0) is 12.1 Å². The van der Waals surface area contributed by atoms with Crippen LogP contribution in [0.1, 0.15) is 12.2 Å². The molecule has 0 aliphatic heterocycles. The minimum atomic E-state index is -1.09. The Balaban J connectivity index is 2.22. The summed E-state index contributed by atoms with van der Waals surface area (Å²) in [7, 11) is 0. The molecule has 0 radical (unpaired) electrons. The number of hydrogen-bond acceptors (Lipinski definition) is 4. The fourth-order valence-electron chi connectivity index (χ4n) is 1.18. The number of nitrogens with two attached hydrogens (primary N) is 1. The van der Waals surface area contributed by atoms with Crippen LogP contribution in [0.5, 0.6) is 0 Å². The lowest BCUT2D eigenvalue weighted by molar-refractivity contribution is -0.139. The standard InChI is InChI=1S/C10H14N2O4/c11-8(6-9(13)14)10(15)12-4-3-7-2-1-5-16-7/h1-2,5,8H,3-4,6,11H2,(H,12,15)(H,13,14)/t8-/m1/s1. The van der Waals surface area contributed by atoms with Gasteiger partial charge in [0.15, 0.2) is 0 Å². The molecule has 6 nitrogen and oxygen atoms in total. The molecule has 1 heterocycles. The van der Waals surface area contributed by atoms with E-state index in [1.807, 2.05) is 0 Å². The van der Waals surface area contributed by atoms with E-state index >= 15 is 0 Å². The van der Waals surface area contributed by atoms with E-state index in [4.69, 9.17) is 15.3 Å². The highest BCUT2D eigenvalue weighted by molar-refractivity contribution is 5.85. The van der Waals surface area contributed by atoms with Crippen molar-refractivity contribution < 1.29 is 19.1 Å². The molecule has 0 aromatic carbocycles. The first kappa shape index (κ1) is 12.3. The maximum atomic E-state index is 11.3. The Hall–Kier alpha value is -1.82. The number of carboxylic acid groups (broad SMARTS) is 1. The lowest BCUT2D eigenvalue weighted by atomic mass is 10.2. The van der Waals surface area contributed by atoms with Crippen LogP contribution in [0.25, 0.3) is 0 Å². The number of aliphatic carboxylic acids is 1. The van der Waals surface area contributed by atoms with Crippen LogP contribution in [0.2, 0.25) is 0 Å². The average Bonchev–Trinajstić information content (AvgIpc) is 2.69. The predicted molar refractivity (Wildman–Crippen MR) is 55.6 cm³/mol. The molecular formula is C10H14N2O4. The second-order valence-electron chi connectivity index (χ2n) is 3.32. The summed E-state index contributed by atoms with van der Waals surface area (Å²) in [6.07, 6.45) is 1.73. The number of carbonyl (C=O) groups is 2. The van der Waals surface area contributed by atoms with Crippen molar-refractivity contribution in [2.45, 2.75) is 18.9 Å². The molecule has 0 saturated heterocycles. The van der Waals surface area contributed by atoms with Crippen LogP contribution >= 0.6 is 0 Å². The van der Waals surface area contributed by atoms with Gasteiger partial charge in [-0.15, -0.1) is 0 Å². The van der Waals surface area contributed by atoms with Crippen LogP contribution in [0.3, 0.4) is 0 Å². The summed E-state index contributed by atoms with van der Waals surface area (Å²) in [5.41, 5.74) is 5.36. The van der Waals surface area contributed by atoms with Gasteiger partial charge >= 0.3 is 5.97 Å². The quantitative estimate of drug-likeness (QED) is 0.619. The zero-order valence-corrected chi connectivity index (χ0v) is 8.68. The lowest BCUT2D eigenvalue weighted by Gasteiger charge is -2.09. The van der Waals surface area contributed by atoms with Crippen LogP contribution in [0, 0.1) is 0 Å². The summed E-state index contributed by atoms with van der Waals surface area (Å²) in [4.78, 5) is 21.6. The van der Waals surface area contributed by atoms with Gasteiger partial charge in [-0.25, -0.2) is 0 Å². The summed E-state index contributed by atoms with van der Waals surface area (Å²) in [5.74, 6) is -0.797. The monoisotopic (exact) mass is 226 g/mol. The highest BCUT2D eigenvalue weighted by Gasteiger charge is 2.16. The van der Waals surface area contributed by atoms with Crippen molar-refractivity contribution in [1.29, 1.82) is 0 Å². The van der Waals surface area contributed by atoms with E-state index in [2.05, 4.69) is 5.32 Å². The first-order chi connectivity index (χ1) is 7.59. The summed E-state index contributed by atoms with van der Waals surface area (Å²) in [5, 5.41) is 11.0. The minimum absolute atomic E-state index is 0.368. The number of furan rings is 1. The van der Waals surface area contributed by atoms with Crippen LogP contribution in [0.4, 0.5) is 0 Å². The SMILES string of the molecule is N[C@H](CC(=O)O)C(=O)NCCc1ccco1. The number of rotatable bonds is 6. The molecule has 1 rings (SSSR count). The van der Waals surface area contributed by atoms with Gasteiger partial charge < -0.3 is 20.6 Å². The molecule has 1 atom stereocenters. The van der Waals surface area contributed by atoms with Crippen molar-refractivity contribution in [2.24, 2.45) is 5.73 Å². The van der Waals surface area contributed by atoms with E-state index in [1.54, 1.807) is 18.4 Å². The Morgan fingerprint density at radius 1 is 1.56 bits per heavy atom. The summed E-state index contributed by atoms with van der Waals surface area (Å²) in [6.45, 7) is 0.375. The molecule has 1 aromatic rings. The van der Waals surface area contributed by atoms with Gasteiger partial charge in [-0.2, -0.15) is 0 Å². The van der Waals surface area contributed by atoms with Crippen LogP contribution in [-0.4, -0.2) is 29.6 Å². The van der Waals surface area contributed by atoms with Gasteiger partial charge in [0.25, 0.3) is 0 Å². The molecule has 0 spiro atoms. The Kier molecular flexibility index (Phi) is 4.53. The van der Waals surface area contributed by atoms with Crippen molar-refractivity contribution in [3.05, 3.63) is 24.2 Å². The third kappa shape index (κ3) is 4.14. The third-order valence-electron chi connectivity index (χ3n) is 1.98. The Bertz CT molecular complexity index is 348. The fraction of sp³-hybridized carbons (Fsp3) is 0.400. The molecule has 0 unspecified atom stereocenters. The van der Waals surface area contributed by atoms with Crippen molar-refractivity contribution in [1.82, 2.24) is 5.32 Å². The van der Waals surface area contributed by atoms with E-state index in [1.165, 1.54) is 0 Å². The average molecular weight is 226 g/mol. The maximum Gasteiger partial charge on any atom is 0.305 e. The molecule has 6 heteroatoms. The van der Waals surface area contributed by atoms with Gasteiger partial charge in [0, 0.05) is 13.0 Å². The largest absolute Gasteiger partial charge is 0.481 e. The van der Waals surface area contributed by atoms with Crippen LogP contribution < -0.4 is 11.1 Å². The molecule has 4 N–H and O–H groups in total. The van der Waals surface area contributed by atoms with Crippen molar-refractivity contribution in [2.75, 3.05) is 6.54 Å². The molecule has 0 aliphatic rings. The molecule has 88 valence electrons. The maximum absolute atomic E-state index is 11.3. The van der Waals surface area contributed by atoms with E-state index in [0.717, 1.165) is 5.76 Å². The number of carboxylic acids is 1. The molecule has 0 saturated carbocycles. The zero-order valence-electron chi connectivity index (χ0n) is 8.68. The topological polar surface area (TPSA) is 106 Å². The molecule has 0 bridgehead atoms. The minimum Gasteiger partial charge on any atom is -0.481 e. The molecule has 0 fully saturated rings. The van der Waals surface area contributed by atoms with Crippen LogP contribution in [-0.2, 0) is 16.0 Å². The summed E-state index contributed by atoms with van der Waals surface area (Å²) < 4.78 is 5.06.